The SMILES string of the molecule is O=C1C=C(NC(=O)c2cc(C(F)(F)F)ccc2Oc2ccccc2OC(F)(F)F)C=CC1. The number of alkyl halides is 6. The largest absolute Gasteiger partial charge is 0.573 e. The molecule has 0 fully saturated rings. The van der Waals surface area contributed by atoms with E-state index in [2.05, 4.69) is 10.1 Å². The molecule has 11 heteroatoms. The van der Waals surface area contributed by atoms with Crippen LogP contribution in [0.3, 0.4) is 0 Å². The van der Waals surface area contributed by atoms with Crippen LogP contribution in [0.5, 0.6) is 17.2 Å². The lowest BCUT2D eigenvalue weighted by atomic mass is 10.1. The van der Waals surface area contributed by atoms with Gasteiger partial charge in [0, 0.05) is 18.2 Å². The van der Waals surface area contributed by atoms with Gasteiger partial charge in [0.2, 0.25) is 0 Å². The molecular formula is C21H13F6NO4. The highest BCUT2D eigenvalue weighted by Gasteiger charge is 2.34. The molecule has 1 N–H and O–H groups in total. The van der Waals surface area contributed by atoms with Crippen LogP contribution in [0.2, 0.25) is 0 Å². The molecule has 0 bridgehead atoms. The first-order chi connectivity index (χ1) is 14.9. The molecule has 2 aromatic carbocycles. The summed E-state index contributed by atoms with van der Waals surface area (Å²) in [6.07, 6.45) is -5.81. The second-order valence-electron chi connectivity index (χ2n) is 6.43. The first-order valence-corrected chi connectivity index (χ1v) is 8.89. The van der Waals surface area contributed by atoms with Crippen molar-refractivity contribution in [2.75, 3.05) is 0 Å². The number of halogens is 6. The molecule has 0 saturated heterocycles. The van der Waals surface area contributed by atoms with E-state index in [-0.39, 0.29) is 17.9 Å². The van der Waals surface area contributed by atoms with Crippen LogP contribution in [-0.4, -0.2) is 18.1 Å². The van der Waals surface area contributed by atoms with Crippen LogP contribution >= 0.6 is 0 Å². The molecule has 3 rings (SSSR count). The number of nitrogens with one attached hydrogen (secondary N) is 1. The molecule has 32 heavy (non-hydrogen) atoms. The fraction of sp³-hybridized carbons (Fsp3) is 0.143. The predicted octanol–water partition coefficient (Wildman–Crippen LogP) is 5.54. The van der Waals surface area contributed by atoms with Crippen LogP contribution in [0.25, 0.3) is 0 Å². The topological polar surface area (TPSA) is 64.6 Å². The van der Waals surface area contributed by atoms with Gasteiger partial charge in [0.1, 0.15) is 5.75 Å². The van der Waals surface area contributed by atoms with Crippen molar-refractivity contribution in [2.45, 2.75) is 19.0 Å². The molecule has 0 unspecified atom stereocenters. The molecule has 0 radical (unpaired) electrons. The van der Waals surface area contributed by atoms with E-state index in [1.54, 1.807) is 0 Å². The van der Waals surface area contributed by atoms with Gasteiger partial charge in [0.25, 0.3) is 5.91 Å². The summed E-state index contributed by atoms with van der Waals surface area (Å²) in [4.78, 5) is 24.1. The van der Waals surface area contributed by atoms with E-state index in [0.717, 1.165) is 24.3 Å². The van der Waals surface area contributed by atoms with E-state index in [4.69, 9.17) is 4.74 Å². The Morgan fingerprint density at radius 2 is 1.62 bits per heavy atom. The number of benzene rings is 2. The second-order valence-corrected chi connectivity index (χ2v) is 6.43. The van der Waals surface area contributed by atoms with Crippen LogP contribution in [-0.2, 0) is 11.0 Å². The maximum atomic E-state index is 13.2. The summed E-state index contributed by atoms with van der Waals surface area (Å²) in [6, 6.07) is 6.48. The molecule has 0 saturated carbocycles. The van der Waals surface area contributed by atoms with Gasteiger partial charge >= 0.3 is 12.5 Å². The number of ether oxygens (including phenoxy) is 2. The van der Waals surface area contributed by atoms with Crippen molar-refractivity contribution in [1.82, 2.24) is 5.32 Å². The zero-order chi connectivity index (χ0) is 23.5. The van der Waals surface area contributed by atoms with Gasteiger partial charge in [-0.25, -0.2) is 0 Å². The minimum absolute atomic E-state index is 0.0374. The van der Waals surface area contributed by atoms with E-state index >= 15 is 0 Å². The Balaban J connectivity index is 1.99. The third-order valence-electron chi connectivity index (χ3n) is 4.04. The molecule has 1 amide bonds. The van der Waals surface area contributed by atoms with E-state index in [0.29, 0.717) is 12.1 Å². The number of rotatable bonds is 5. The van der Waals surface area contributed by atoms with Gasteiger partial charge < -0.3 is 14.8 Å². The van der Waals surface area contributed by atoms with Gasteiger partial charge in [-0.05, 0) is 36.4 Å². The molecule has 1 aliphatic rings. The lowest BCUT2D eigenvalue weighted by Gasteiger charge is -2.17. The normalized spacial score (nSPS) is 14.1. The smallest absolute Gasteiger partial charge is 0.453 e. The predicted molar refractivity (Wildman–Crippen MR) is 99.0 cm³/mol. The Kier molecular flexibility index (Phi) is 6.28. The van der Waals surface area contributed by atoms with Gasteiger partial charge in [0.05, 0.1) is 11.1 Å². The minimum Gasteiger partial charge on any atom is -0.453 e. The van der Waals surface area contributed by atoms with Crippen LogP contribution in [0.15, 0.2) is 66.4 Å². The highest BCUT2D eigenvalue weighted by Crippen LogP contribution is 2.38. The highest BCUT2D eigenvalue weighted by molar-refractivity contribution is 6.00. The fourth-order valence-corrected chi connectivity index (χ4v) is 2.69. The van der Waals surface area contributed by atoms with Gasteiger partial charge in [-0.3, -0.25) is 9.59 Å². The highest BCUT2D eigenvalue weighted by atomic mass is 19.4. The van der Waals surface area contributed by atoms with Crippen molar-refractivity contribution in [3.63, 3.8) is 0 Å². The first kappa shape index (κ1) is 22.9. The number of hydrogen-bond donors (Lipinski definition) is 1. The third kappa shape index (κ3) is 5.90. The van der Waals surface area contributed by atoms with Crippen LogP contribution in [0.4, 0.5) is 26.3 Å². The molecule has 0 spiro atoms. The molecule has 5 nitrogen and oxygen atoms in total. The number of carbonyl (C=O) groups excluding carboxylic acids is 2. The summed E-state index contributed by atoms with van der Waals surface area (Å²) in [5, 5.41) is 2.28. The zero-order valence-corrected chi connectivity index (χ0v) is 15.9. The van der Waals surface area contributed by atoms with Crippen molar-refractivity contribution < 1.29 is 45.4 Å². The summed E-state index contributed by atoms with van der Waals surface area (Å²) in [6.45, 7) is 0. The number of allylic oxidation sites excluding steroid dienone is 3. The van der Waals surface area contributed by atoms with Crippen molar-refractivity contribution in [3.8, 4) is 17.2 Å². The molecular weight excluding hydrogens is 444 g/mol. The summed E-state index contributed by atoms with van der Waals surface area (Å²) < 4.78 is 86.6. The lowest BCUT2D eigenvalue weighted by molar-refractivity contribution is -0.275. The quantitative estimate of drug-likeness (QED) is 0.599. The van der Waals surface area contributed by atoms with E-state index in [1.807, 2.05) is 0 Å². The van der Waals surface area contributed by atoms with Gasteiger partial charge in [-0.15, -0.1) is 13.2 Å². The maximum Gasteiger partial charge on any atom is 0.573 e. The molecule has 2 aromatic rings. The number of carbonyl (C=O) groups is 2. The summed E-state index contributed by atoms with van der Waals surface area (Å²) >= 11 is 0. The zero-order valence-electron chi connectivity index (χ0n) is 15.9. The Morgan fingerprint density at radius 3 is 2.25 bits per heavy atom. The number of para-hydroxylation sites is 2. The number of ketones is 1. The standard InChI is InChI=1S/C21H13F6NO4/c22-20(23,24)12-8-9-16(31-17-6-1-2-7-18(17)32-21(25,26)27)15(10-12)19(30)28-13-4-3-5-14(29)11-13/h1-4,6-11H,5H2,(H,28,30). The van der Waals surface area contributed by atoms with Gasteiger partial charge in [-0.2, -0.15) is 13.2 Å². The Bertz CT molecular complexity index is 1100. The fourth-order valence-electron chi connectivity index (χ4n) is 2.69. The lowest BCUT2D eigenvalue weighted by Crippen LogP contribution is -2.24. The molecule has 168 valence electrons. The van der Waals surface area contributed by atoms with Crippen molar-refractivity contribution in [2.24, 2.45) is 0 Å². The summed E-state index contributed by atoms with van der Waals surface area (Å²) in [5.41, 5.74) is -1.76. The molecule has 0 heterocycles. The Labute approximate surface area is 176 Å². The monoisotopic (exact) mass is 457 g/mol. The number of amides is 1. The van der Waals surface area contributed by atoms with E-state index < -0.39 is 46.8 Å². The van der Waals surface area contributed by atoms with Crippen LogP contribution in [0, 0.1) is 0 Å². The minimum atomic E-state index is -5.05. The molecule has 0 aromatic heterocycles. The molecule has 0 atom stereocenters. The molecule has 1 aliphatic carbocycles. The van der Waals surface area contributed by atoms with Crippen molar-refractivity contribution in [1.29, 1.82) is 0 Å². The second kappa shape index (κ2) is 8.77. The summed E-state index contributed by atoms with van der Waals surface area (Å²) in [7, 11) is 0. The van der Waals surface area contributed by atoms with E-state index in [1.165, 1.54) is 24.3 Å². The van der Waals surface area contributed by atoms with Crippen LogP contribution < -0.4 is 14.8 Å². The summed E-state index contributed by atoms with van der Waals surface area (Å²) in [5.74, 6) is -3.09. The first-order valence-electron chi connectivity index (χ1n) is 8.89. The number of hydrogen-bond acceptors (Lipinski definition) is 4. The van der Waals surface area contributed by atoms with Crippen molar-refractivity contribution >= 4 is 11.7 Å². The third-order valence-corrected chi connectivity index (χ3v) is 4.04. The Morgan fingerprint density at radius 1 is 0.938 bits per heavy atom. The molecule has 0 aliphatic heterocycles. The maximum absolute atomic E-state index is 13.2. The van der Waals surface area contributed by atoms with Crippen LogP contribution in [0.1, 0.15) is 22.3 Å². The average Bonchev–Trinajstić information content (AvgIpc) is 2.68. The van der Waals surface area contributed by atoms with E-state index in [9.17, 15) is 35.9 Å². The van der Waals surface area contributed by atoms with Gasteiger partial charge in [0.15, 0.2) is 17.3 Å². The Hall–Kier alpha value is -3.76. The van der Waals surface area contributed by atoms with Crippen molar-refractivity contribution in [3.05, 3.63) is 77.5 Å². The average molecular weight is 457 g/mol. The van der Waals surface area contributed by atoms with Gasteiger partial charge in [-0.1, -0.05) is 18.2 Å².